The molecule has 3 unspecified atom stereocenters. The van der Waals surface area contributed by atoms with Crippen LogP contribution in [-0.2, 0) is 6.42 Å². The summed E-state index contributed by atoms with van der Waals surface area (Å²) >= 11 is 0. The first-order chi connectivity index (χ1) is 9.24. The third-order valence-electron chi connectivity index (χ3n) is 5.19. The highest BCUT2D eigenvalue weighted by molar-refractivity contribution is 5.37. The minimum Gasteiger partial charge on any atom is -0.490 e. The van der Waals surface area contributed by atoms with E-state index in [0.717, 1.165) is 31.1 Å². The molecule has 0 aromatic heterocycles. The zero-order valence-corrected chi connectivity index (χ0v) is 11.9. The van der Waals surface area contributed by atoms with Gasteiger partial charge in [0.1, 0.15) is 11.9 Å². The first kappa shape index (κ1) is 13.0. The van der Waals surface area contributed by atoms with E-state index in [4.69, 9.17) is 10.5 Å². The van der Waals surface area contributed by atoms with Crippen LogP contribution in [0.25, 0.3) is 0 Å². The van der Waals surface area contributed by atoms with Crippen molar-refractivity contribution in [2.45, 2.75) is 51.6 Å². The summed E-state index contributed by atoms with van der Waals surface area (Å²) in [7, 11) is 0. The summed E-state index contributed by atoms with van der Waals surface area (Å²) in [6.45, 7) is 3.12. The Kier molecular flexibility index (Phi) is 3.53. The first-order valence-corrected chi connectivity index (χ1v) is 7.69. The van der Waals surface area contributed by atoms with Crippen LogP contribution >= 0.6 is 0 Å². The molecule has 0 radical (unpaired) electrons. The Balaban J connectivity index is 1.66. The molecule has 1 saturated carbocycles. The number of nitrogens with two attached hydrogens (primary N) is 1. The van der Waals surface area contributed by atoms with Gasteiger partial charge in [-0.3, -0.25) is 0 Å². The van der Waals surface area contributed by atoms with Crippen molar-refractivity contribution >= 4 is 0 Å². The Bertz CT molecular complexity index is 420. The van der Waals surface area contributed by atoms with Gasteiger partial charge in [0.15, 0.2) is 0 Å². The minimum absolute atomic E-state index is 0.341. The van der Waals surface area contributed by atoms with E-state index in [-0.39, 0.29) is 0 Å². The summed E-state index contributed by atoms with van der Waals surface area (Å²) in [6, 6.07) is 8.44. The lowest BCUT2D eigenvalue weighted by Crippen LogP contribution is -2.33. The molecule has 1 heterocycles. The highest BCUT2D eigenvalue weighted by Crippen LogP contribution is 2.47. The van der Waals surface area contributed by atoms with Crippen LogP contribution < -0.4 is 10.5 Å². The van der Waals surface area contributed by atoms with E-state index >= 15 is 0 Å². The van der Waals surface area contributed by atoms with Gasteiger partial charge in [-0.1, -0.05) is 31.5 Å². The molecular formula is C17H25NO. The topological polar surface area (TPSA) is 35.2 Å². The summed E-state index contributed by atoms with van der Waals surface area (Å²) in [5.74, 6) is 1.97. The quantitative estimate of drug-likeness (QED) is 0.897. The summed E-state index contributed by atoms with van der Waals surface area (Å²) < 4.78 is 6.11. The molecule has 1 aromatic rings. The number of fused-ring (bicyclic) bond motifs is 1. The van der Waals surface area contributed by atoms with E-state index < -0.39 is 0 Å². The van der Waals surface area contributed by atoms with Gasteiger partial charge in [0.05, 0.1) is 0 Å². The second kappa shape index (κ2) is 5.16. The molecule has 2 nitrogen and oxygen atoms in total. The fraction of sp³-hybridized carbons (Fsp3) is 0.647. The van der Waals surface area contributed by atoms with E-state index in [9.17, 15) is 0 Å². The van der Waals surface area contributed by atoms with Gasteiger partial charge in [-0.2, -0.15) is 0 Å². The summed E-state index contributed by atoms with van der Waals surface area (Å²) in [5.41, 5.74) is 7.82. The van der Waals surface area contributed by atoms with Crippen LogP contribution in [0, 0.1) is 11.3 Å². The highest BCUT2D eigenvalue weighted by atomic mass is 16.5. The second-order valence-electron chi connectivity index (χ2n) is 6.48. The summed E-state index contributed by atoms with van der Waals surface area (Å²) in [6.07, 6.45) is 7.79. The third kappa shape index (κ3) is 2.51. The van der Waals surface area contributed by atoms with Crippen molar-refractivity contribution in [2.75, 3.05) is 6.54 Å². The molecule has 0 amide bonds. The van der Waals surface area contributed by atoms with Crippen LogP contribution in [-0.4, -0.2) is 12.6 Å². The van der Waals surface area contributed by atoms with Gasteiger partial charge in [-0.15, -0.1) is 0 Å². The van der Waals surface area contributed by atoms with Crippen LogP contribution in [0.2, 0.25) is 0 Å². The molecule has 104 valence electrons. The number of rotatable bonds is 4. The molecule has 2 heteroatoms. The van der Waals surface area contributed by atoms with Crippen LogP contribution in [0.4, 0.5) is 0 Å². The average Bonchev–Trinajstić information content (AvgIpc) is 3.02. The molecule has 1 aromatic carbocycles. The first-order valence-electron chi connectivity index (χ1n) is 7.69. The zero-order chi connectivity index (χ0) is 13.3. The van der Waals surface area contributed by atoms with Crippen molar-refractivity contribution in [3.63, 3.8) is 0 Å². The van der Waals surface area contributed by atoms with E-state index in [0.29, 0.717) is 11.5 Å². The monoisotopic (exact) mass is 259 g/mol. The molecule has 3 atom stereocenters. The molecule has 1 aliphatic carbocycles. The van der Waals surface area contributed by atoms with Gasteiger partial charge in [0.2, 0.25) is 0 Å². The Hall–Kier alpha value is -1.02. The van der Waals surface area contributed by atoms with E-state index in [1.807, 2.05) is 0 Å². The van der Waals surface area contributed by atoms with Crippen molar-refractivity contribution < 1.29 is 4.74 Å². The van der Waals surface area contributed by atoms with Crippen molar-refractivity contribution in [3.05, 3.63) is 29.8 Å². The van der Waals surface area contributed by atoms with Gasteiger partial charge in [0, 0.05) is 6.42 Å². The predicted molar refractivity (Wildman–Crippen MR) is 78.3 cm³/mol. The number of ether oxygens (including phenoxy) is 1. The molecule has 3 rings (SSSR count). The second-order valence-corrected chi connectivity index (χ2v) is 6.48. The van der Waals surface area contributed by atoms with Gasteiger partial charge in [0.25, 0.3) is 0 Å². The number of para-hydroxylation sites is 1. The molecular weight excluding hydrogens is 234 g/mol. The van der Waals surface area contributed by atoms with Gasteiger partial charge >= 0.3 is 0 Å². The SMILES string of the molecule is CCC1CCC(CN)(CC2Cc3ccccc3O2)C1. The maximum Gasteiger partial charge on any atom is 0.123 e. The Morgan fingerprint density at radius 3 is 2.89 bits per heavy atom. The minimum atomic E-state index is 0.341. The zero-order valence-electron chi connectivity index (χ0n) is 11.9. The number of benzene rings is 1. The molecule has 0 saturated heterocycles. The van der Waals surface area contributed by atoms with Crippen molar-refractivity contribution in [3.8, 4) is 5.75 Å². The van der Waals surface area contributed by atoms with Crippen LogP contribution in [0.3, 0.4) is 0 Å². The molecule has 2 aliphatic rings. The van der Waals surface area contributed by atoms with E-state index in [2.05, 4.69) is 31.2 Å². The molecule has 19 heavy (non-hydrogen) atoms. The fourth-order valence-electron chi connectivity index (χ4n) is 3.98. The van der Waals surface area contributed by atoms with Crippen molar-refractivity contribution in [1.29, 1.82) is 0 Å². The molecule has 1 aliphatic heterocycles. The maximum absolute atomic E-state index is 6.11. The van der Waals surface area contributed by atoms with Crippen LogP contribution in [0.1, 0.15) is 44.6 Å². The van der Waals surface area contributed by atoms with E-state index in [1.165, 1.54) is 31.2 Å². The maximum atomic E-state index is 6.11. The standard InChI is InChI=1S/C17H25NO/c1-2-13-7-8-17(10-13,12-18)11-15-9-14-5-3-4-6-16(14)19-15/h3-6,13,15H,2,7-12,18H2,1H3. The predicted octanol–water partition coefficient (Wildman–Crippen LogP) is 3.54. The van der Waals surface area contributed by atoms with Gasteiger partial charge in [-0.05, 0) is 55.2 Å². The largest absolute Gasteiger partial charge is 0.490 e. The lowest BCUT2D eigenvalue weighted by molar-refractivity contribution is 0.138. The Labute approximate surface area is 116 Å². The Morgan fingerprint density at radius 2 is 2.21 bits per heavy atom. The highest BCUT2D eigenvalue weighted by Gasteiger charge is 2.40. The van der Waals surface area contributed by atoms with E-state index in [1.54, 1.807) is 0 Å². The van der Waals surface area contributed by atoms with Gasteiger partial charge in [-0.25, -0.2) is 0 Å². The summed E-state index contributed by atoms with van der Waals surface area (Å²) in [4.78, 5) is 0. The Morgan fingerprint density at radius 1 is 1.37 bits per heavy atom. The number of hydrogen-bond acceptors (Lipinski definition) is 2. The fourth-order valence-corrected chi connectivity index (χ4v) is 3.98. The molecule has 0 bridgehead atoms. The lowest BCUT2D eigenvalue weighted by Gasteiger charge is -2.30. The normalized spacial score (nSPS) is 33.2. The van der Waals surface area contributed by atoms with Crippen LogP contribution in [0.15, 0.2) is 24.3 Å². The smallest absolute Gasteiger partial charge is 0.123 e. The summed E-state index contributed by atoms with van der Waals surface area (Å²) in [5, 5.41) is 0. The molecule has 2 N–H and O–H groups in total. The number of hydrogen-bond donors (Lipinski definition) is 1. The van der Waals surface area contributed by atoms with Gasteiger partial charge < -0.3 is 10.5 Å². The van der Waals surface area contributed by atoms with Crippen LogP contribution in [0.5, 0.6) is 5.75 Å². The molecule has 1 fully saturated rings. The lowest BCUT2D eigenvalue weighted by atomic mass is 9.79. The third-order valence-corrected chi connectivity index (χ3v) is 5.19. The van der Waals surface area contributed by atoms with Crippen molar-refractivity contribution in [2.24, 2.45) is 17.1 Å². The average molecular weight is 259 g/mol. The van der Waals surface area contributed by atoms with Crippen molar-refractivity contribution in [1.82, 2.24) is 0 Å². The molecule has 0 spiro atoms.